The van der Waals surface area contributed by atoms with Crippen LogP contribution in [0.25, 0.3) is 0 Å². The first-order chi connectivity index (χ1) is 5.61. The van der Waals surface area contributed by atoms with Gasteiger partial charge in [-0.05, 0) is 42.5 Å². The minimum Gasteiger partial charge on any atom is -0.281 e. The standard InChI is InChI=1S/C8H10Cl2O2/c9-7(11)5-2-1-3-6(4-5)8(10)12/h5-6H,1-4H2. The Morgan fingerprint density at radius 2 is 1.42 bits per heavy atom. The first-order valence-corrected chi connectivity index (χ1v) is 4.75. The van der Waals surface area contributed by atoms with Crippen molar-refractivity contribution in [2.24, 2.45) is 11.8 Å². The average molecular weight is 209 g/mol. The van der Waals surface area contributed by atoms with Gasteiger partial charge in [-0.3, -0.25) is 9.59 Å². The van der Waals surface area contributed by atoms with Gasteiger partial charge in [0.2, 0.25) is 10.5 Å². The number of rotatable bonds is 2. The van der Waals surface area contributed by atoms with Crippen LogP contribution in [0.2, 0.25) is 0 Å². The van der Waals surface area contributed by atoms with Crippen molar-refractivity contribution in [1.82, 2.24) is 0 Å². The van der Waals surface area contributed by atoms with Crippen molar-refractivity contribution >= 4 is 33.7 Å². The molecule has 1 aliphatic rings. The summed E-state index contributed by atoms with van der Waals surface area (Å²) in [6.07, 6.45) is 2.99. The maximum atomic E-state index is 10.8. The van der Waals surface area contributed by atoms with Gasteiger partial charge in [0.05, 0.1) is 0 Å². The lowest BCUT2D eigenvalue weighted by molar-refractivity contribution is -0.119. The van der Waals surface area contributed by atoms with E-state index in [2.05, 4.69) is 0 Å². The minimum absolute atomic E-state index is 0.159. The van der Waals surface area contributed by atoms with E-state index >= 15 is 0 Å². The van der Waals surface area contributed by atoms with Crippen molar-refractivity contribution in [3.63, 3.8) is 0 Å². The summed E-state index contributed by atoms with van der Waals surface area (Å²) in [5, 5.41) is -0.671. The number of hydrogen-bond acceptors (Lipinski definition) is 2. The Balaban J connectivity index is 2.51. The summed E-state index contributed by atoms with van der Waals surface area (Å²) in [6.45, 7) is 0. The Morgan fingerprint density at radius 3 is 1.75 bits per heavy atom. The van der Waals surface area contributed by atoms with E-state index in [0.717, 1.165) is 19.3 Å². The summed E-state index contributed by atoms with van der Waals surface area (Å²) < 4.78 is 0. The van der Waals surface area contributed by atoms with Crippen molar-refractivity contribution < 1.29 is 9.59 Å². The van der Waals surface area contributed by atoms with Gasteiger partial charge in [0, 0.05) is 11.8 Å². The molecule has 0 amide bonds. The van der Waals surface area contributed by atoms with Gasteiger partial charge in [0.25, 0.3) is 0 Å². The Kier molecular flexibility index (Phi) is 3.53. The van der Waals surface area contributed by atoms with Gasteiger partial charge in [-0.2, -0.15) is 0 Å². The third kappa shape index (κ3) is 2.46. The van der Waals surface area contributed by atoms with Crippen LogP contribution in [0.4, 0.5) is 0 Å². The molecule has 0 aromatic carbocycles. The topological polar surface area (TPSA) is 34.1 Å². The van der Waals surface area contributed by atoms with Crippen LogP contribution in [0.1, 0.15) is 25.7 Å². The first-order valence-electron chi connectivity index (χ1n) is 4.00. The summed E-state index contributed by atoms with van der Waals surface area (Å²) in [4.78, 5) is 21.6. The van der Waals surface area contributed by atoms with E-state index in [1.165, 1.54) is 0 Å². The van der Waals surface area contributed by atoms with E-state index in [1.54, 1.807) is 0 Å². The molecule has 0 aromatic heterocycles. The molecule has 1 fully saturated rings. The van der Waals surface area contributed by atoms with Crippen LogP contribution in [0.15, 0.2) is 0 Å². The van der Waals surface area contributed by atoms with Crippen LogP contribution in [0.5, 0.6) is 0 Å². The van der Waals surface area contributed by atoms with Crippen LogP contribution in [-0.4, -0.2) is 10.5 Å². The molecule has 1 saturated carbocycles. The molecule has 2 unspecified atom stereocenters. The van der Waals surface area contributed by atoms with E-state index in [4.69, 9.17) is 23.2 Å². The summed E-state index contributed by atoms with van der Waals surface area (Å²) >= 11 is 10.7. The van der Waals surface area contributed by atoms with Crippen molar-refractivity contribution in [3.8, 4) is 0 Å². The van der Waals surface area contributed by atoms with Crippen molar-refractivity contribution in [1.29, 1.82) is 0 Å². The van der Waals surface area contributed by atoms with E-state index < -0.39 is 0 Å². The van der Waals surface area contributed by atoms with Crippen LogP contribution in [0.3, 0.4) is 0 Å². The van der Waals surface area contributed by atoms with Crippen LogP contribution in [0, 0.1) is 11.8 Å². The second kappa shape index (κ2) is 4.24. The van der Waals surface area contributed by atoms with Crippen molar-refractivity contribution in [2.45, 2.75) is 25.7 Å². The van der Waals surface area contributed by atoms with Crippen LogP contribution >= 0.6 is 23.2 Å². The molecule has 0 spiro atoms. The highest BCUT2D eigenvalue weighted by Crippen LogP contribution is 2.31. The highest BCUT2D eigenvalue weighted by molar-refractivity contribution is 6.64. The van der Waals surface area contributed by atoms with Gasteiger partial charge in [0.15, 0.2) is 0 Å². The van der Waals surface area contributed by atoms with E-state index in [-0.39, 0.29) is 22.3 Å². The SMILES string of the molecule is O=C(Cl)C1CCCC(C(=O)Cl)C1. The molecule has 1 aliphatic carbocycles. The summed E-state index contributed by atoms with van der Waals surface area (Å²) in [6, 6.07) is 0. The molecule has 4 heteroatoms. The molecule has 0 N–H and O–H groups in total. The lowest BCUT2D eigenvalue weighted by Gasteiger charge is -2.23. The van der Waals surface area contributed by atoms with E-state index in [9.17, 15) is 9.59 Å². The summed E-state index contributed by atoms with van der Waals surface area (Å²) in [7, 11) is 0. The molecule has 0 aliphatic heterocycles. The van der Waals surface area contributed by atoms with Crippen molar-refractivity contribution in [2.75, 3.05) is 0 Å². The smallest absolute Gasteiger partial charge is 0.224 e. The molecular weight excluding hydrogens is 199 g/mol. The van der Waals surface area contributed by atoms with Gasteiger partial charge in [0.1, 0.15) is 0 Å². The number of carbonyl (C=O) groups excluding carboxylic acids is 2. The molecule has 0 heterocycles. The zero-order valence-corrected chi connectivity index (χ0v) is 8.07. The maximum Gasteiger partial charge on any atom is 0.224 e. The number of halogens is 2. The normalized spacial score (nSPS) is 29.8. The molecule has 0 bridgehead atoms. The average Bonchev–Trinajstić information content (AvgIpc) is 2.04. The summed E-state index contributed by atoms with van der Waals surface area (Å²) in [5.74, 6) is -0.318. The predicted molar refractivity (Wildman–Crippen MR) is 47.2 cm³/mol. The molecule has 0 saturated heterocycles. The zero-order valence-electron chi connectivity index (χ0n) is 6.56. The van der Waals surface area contributed by atoms with Gasteiger partial charge < -0.3 is 0 Å². The Bertz CT molecular complexity index is 183. The number of hydrogen-bond donors (Lipinski definition) is 0. The second-order valence-corrected chi connectivity index (χ2v) is 3.91. The van der Waals surface area contributed by atoms with Crippen molar-refractivity contribution in [3.05, 3.63) is 0 Å². The van der Waals surface area contributed by atoms with E-state index in [0.29, 0.717) is 6.42 Å². The van der Waals surface area contributed by atoms with E-state index in [1.807, 2.05) is 0 Å². The first kappa shape index (κ1) is 10.0. The molecule has 2 nitrogen and oxygen atoms in total. The summed E-state index contributed by atoms with van der Waals surface area (Å²) in [5.41, 5.74) is 0. The Labute approximate surface area is 81.2 Å². The molecule has 0 aromatic rings. The molecule has 0 radical (unpaired) electrons. The van der Waals surface area contributed by atoms with Gasteiger partial charge in [-0.15, -0.1) is 0 Å². The fourth-order valence-corrected chi connectivity index (χ4v) is 2.00. The fourth-order valence-electron chi connectivity index (χ4n) is 1.60. The Hall–Kier alpha value is -0.0800. The van der Waals surface area contributed by atoms with Crippen LogP contribution < -0.4 is 0 Å². The minimum atomic E-state index is -0.336. The zero-order chi connectivity index (χ0) is 9.14. The largest absolute Gasteiger partial charge is 0.281 e. The van der Waals surface area contributed by atoms with Gasteiger partial charge >= 0.3 is 0 Å². The quantitative estimate of drug-likeness (QED) is 0.654. The Morgan fingerprint density at radius 1 is 1.00 bits per heavy atom. The monoisotopic (exact) mass is 208 g/mol. The molecule has 1 rings (SSSR count). The highest BCUT2D eigenvalue weighted by atomic mass is 35.5. The molecule has 12 heavy (non-hydrogen) atoms. The fraction of sp³-hybridized carbons (Fsp3) is 0.750. The molecule has 2 atom stereocenters. The maximum absolute atomic E-state index is 10.8. The van der Waals surface area contributed by atoms with Gasteiger partial charge in [-0.25, -0.2) is 0 Å². The lowest BCUT2D eigenvalue weighted by atomic mass is 9.83. The number of carbonyl (C=O) groups is 2. The lowest BCUT2D eigenvalue weighted by Crippen LogP contribution is -2.23. The van der Waals surface area contributed by atoms with Crippen LogP contribution in [-0.2, 0) is 9.59 Å². The van der Waals surface area contributed by atoms with Gasteiger partial charge in [-0.1, -0.05) is 6.42 Å². The predicted octanol–water partition coefficient (Wildman–Crippen LogP) is 2.32. The molecule has 68 valence electrons. The third-order valence-electron chi connectivity index (χ3n) is 2.32. The third-order valence-corrected chi connectivity index (χ3v) is 2.93. The molecular formula is C8H10Cl2O2. The second-order valence-electron chi connectivity index (χ2n) is 3.17. The highest BCUT2D eigenvalue weighted by Gasteiger charge is 2.29.